The topological polar surface area (TPSA) is 76.8 Å². The van der Waals surface area contributed by atoms with Gasteiger partial charge in [-0.2, -0.15) is 4.98 Å². The van der Waals surface area contributed by atoms with Crippen molar-refractivity contribution in [3.05, 3.63) is 53.4 Å². The number of rotatable bonds is 5. The lowest BCUT2D eigenvalue weighted by atomic mass is 10.2. The van der Waals surface area contributed by atoms with E-state index in [2.05, 4.69) is 20.1 Å². The van der Waals surface area contributed by atoms with E-state index in [1.165, 1.54) is 11.8 Å². The van der Waals surface area contributed by atoms with E-state index >= 15 is 0 Å². The number of imidazole rings is 1. The van der Waals surface area contributed by atoms with Gasteiger partial charge in [0.2, 0.25) is 11.7 Å². The molecular weight excluding hydrogens is 360 g/mol. The monoisotopic (exact) mass is 372 g/mol. The van der Waals surface area contributed by atoms with E-state index in [1.807, 2.05) is 30.3 Å². The van der Waals surface area contributed by atoms with Crippen molar-refractivity contribution in [3.63, 3.8) is 0 Å². The molecule has 0 aliphatic carbocycles. The summed E-state index contributed by atoms with van der Waals surface area (Å²) in [5.41, 5.74) is 2.63. The number of halogens is 1. The third-order valence-corrected chi connectivity index (χ3v) is 4.64. The number of nitrogens with zero attached hydrogens (tertiary/aromatic N) is 3. The molecule has 0 aliphatic rings. The van der Waals surface area contributed by atoms with Crippen molar-refractivity contribution in [2.45, 2.75) is 10.9 Å². The Morgan fingerprint density at radius 1 is 1.20 bits per heavy atom. The second kappa shape index (κ2) is 6.78. The molecular formula is C17H13ClN4O2S. The quantitative estimate of drug-likeness (QED) is 0.517. The van der Waals surface area contributed by atoms with Crippen LogP contribution in [0.3, 0.4) is 0 Å². The van der Waals surface area contributed by atoms with Crippen LogP contribution in [0.2, 0.25) is 5.02 Å². The summed E-state index contributed by atoms with van der Waals surface area (Å²) in [6, 6.07) is 13.1. The average Bonchev–Trinajstić information content (AvgIpc) is 3.25. The number of nitrogens with one attached hydrogen (secondary N) is 1. The van der Waals surface area contributed by atoms with Crippen molar-refractivity contribution < 1.29 is 9.26 Å². The van der Waals surface area contributed by atoms with Crippen LogP contribution in [-0.2, 0) is 5.75 Å². The summed E-state index contributed by atoms with van der Waals surface area (Å²) in [6.07, 6.45) is 0. The zero-order valence-corrected chi connectivity index (χ0v) is 14.8. The summed E-state index contributed by atoms with van der Waals surface area (Å²) >= 11 is 7.49. The van der Waals surface area contributed by atoms with Crippen LogP contribution < -0.4 is 4.74 Å². The highest BCUT2D eigenvalue weighted by atomic mass is 35.5. The molecule has 6 nitrogen and oxygen atoms in total. The first-order valence-electron chi connectivity index (χ1n) is 7.46. The number of fused-ring (bicyclic) bond motifs is 1. The fourth-order valence-electron chi connectivity index (χ4n) is 2.35. The van der Waals surface area contributed by atoms with E-state index in [0.717, 1.165) is 27.5 Å². The SMILES string of the molecule is COc1ccc2nc(SCc3nc(-c4cccc(Cl)c4)no3)[nH]c2c1. The Balaban J connectivity index is 1.48. The molecule has 2 aromatic carbocycles. The lowest BCUT2D eigenvalue weighted by Gasteiger charge is -1.96. The molecule has 0 aliphatic heterocycles. The molecule has 4 rings (SSSR count). The van der Waals surface area contributed by atoms with Crippen molar-refractivity contribution in [1.29, 1.82) is 0 Å². The molecule has 8 heteroatoms. The van der Waals surface area contributed by atoms with Crippen LogP contribution in [0.4, 0.5) is 0 Å². The molecule has 0 spiro atoms. The zero-order valence-electron chi connectivity index (χ0n) is 13.2. The number of thioether (sulfide) groups is 1. The molecule has 0 atom stereocenters. The number of hydrogen-bond acceptors (Lipinski definition) is 6. The molecule has 1 N–H and O–H groups in total. The van der Waals surface area contributed by atoms with Crippen LogP contribution in [0.15, 0.2) is 52.1 Å². The van der Waals surface area contributed by atoms with E-state index in [1.54, 1.807) is 19.2 Å². The lowest BCUT2D eigenvalue weighted by molar-refractivity contribution is 0.391. The number of aromatic nitrogens is 4. The predicted molar refractivity (Wildman–Crippen MR) is 97.0 cm³/mol. The second-order valence-electron chi connectivity index (χ2n) is 5.24. The molecule has 4 aromatic rings. The Labute approximate surface area is 152 Å². The van der Waals surface area contributed by atoms with E-state index < -0.39 is 0 Å². The average molecular weight is 373 g/mol. The highest BCUT2D eigenvalue weighted by molar-refractivity contribution is 7.98. The fraction of sp³-hybridized carbons (Fsp3) is 0.118. The number of H-pyrrole nitrogens is 1. The van der Waals surface area contributed by atoms with Crippen molar-refractivity contribution in [1.82, 2.24) is 20.1 Å². The molecule has 0 radical (unpaired) electrons. The van der Waals surface area contributed by atoms with Crippen LogP contribution in [0, 0.1) is 0 Å². The minimum Gasteiger partial charge on any atom is -0.497 e. The lowest BCUT2D eigenvalue weighted by Crippen LogP contribution is -1.83. The van der Waals surface area contributed by atoms with Crippen molar-refractivity contribution in [2.75, 3.05) is 7.11 Å². The number of methoxy groups -OCH3 is 1. The molecule has 0 unspecified atom stereocenters. The number of hydrogen-bond donors (Lipinski definition) is 1. The van der Waals surface area contributed by atoms with E-state index in [0.29, 0.717) is 22.5 Å². The Morgan fingerprint density at radius 3 is 2.96 bits per heavy atom. The number of benzene rings is 2. The third kappa shape index (κ3) is 3.47. The second-order valence-corrected chi connectivity index (χ2v) is 6.64. The molecule has 2 heterocycles. The van der Waals surface area contributed by atoms with Crippen molar-refractivity contribution in [2.24, 2.45) is 0 Å². The van der Waals surface area contributed by atoms with Crippen LogP contribution in [0.1, 0.15) is 5.89 Å². The standard InChI is InChI=1S/C17H13ClN4O2S/c1-23-12-5-6-13-14(8-12)20-17(19-13)25-9-15-21-16(22-24-15)10-3-2-4-11(18)7-10/h2-8H,9H2,1H3,(H,19,20). The maximum absolute atomic E-state index is 5.99. The van der Waals surface area contributed by atoms with Crippen LogP contribution in [-0.4, -0.2) is 27.2 Å². The Kier molecular flexibility index (Phi) is 4.33. The molecule has 0 saturated heterocycles. The largest absolute Gasteiger partial charge is 0.497 e. The summed E-state index contributed by atoms with van der Waals surface area (Å²) in [7, 11) is 1.64. The smallest absolute Gasteiger partial charge is 0.237 e. The summed E-state index contributed by atoms with van der Waals surface area (Å²) < 4.78 is 10.5. The molecule has 126 valence electrons. The first-order chi connectivity index (χ1) is 12.2. The van der Waals surface area contributed by atoms with Gasteiger partial charge in [-0.25, -0.2) is 4.98 Å². The van der Waals surface area contributed by atoms with E-state index in [9.17, 15) is 0 Å². The van der Waals surface area contributed by atoms with Gasteiger partial charge in [0.15, 0.2) is 5.16 Å². The molecule has 0 amide bonds. The van der Waals surface area contributed by atoms with Gasteiger partial charge in [-0.05, 0) is 24.3 Å². The molecule has 0 fully saturated rings. The molecule has 0 saturated carbocycles. The van der Waals surface area contributed by atoms with E-state index in [-0.39, 0.29) is 0 Å². The van der Waals surface area contributed by atoms with Gasteiger partial charge in [-0.3, -0.25) is 0 Å². The van der Waals surface area contributed by atoms with Gasteiger partial charge in [0.1, 0.15) is 5.75 Å². The fourth-order valence-corrected chi connectivity index (χ4v) is 3.26. The summed E-state index contributed by atoms with van der Waals surface area (Å²) in [4.78, 5) is 12.2. The third-order valence-electron chi connectivity index (χ3n) is 3.55. The zero-order chi connectivity index (χ0) is 17.2. The molecule has 2 aromatic heterocycles. The number of aromatic amines is 1. The first-order valence-corrected chi connectivity index (χ1v) is 8.83. The number of ether oxygens (including phenoxy) is 1. The maximum Gasteiger partial charge on any atom is 0.237 e. The maximum atomic E-state index is 5.99. The highest BCUT2D eigenvalue weighted by Gasteiger charge is 2.11. The minimum atomic E-state index is 0.518. The Morgan fingerprint density at radius 2 is 2.12 bits per heavy atom. The van der Waals surface area contributed by atoms with Gasteiger partial charge in [-0.1, -0.05) is 40.7 Å². The summed E-state index contributed by atoms with van der Waals surface area (Å²) in [5.74, 6) is 2.35. The minimum absolute atomic E-state index is 0.518. The van der Waals surface area contributed by atoms with Gasteiger partial charge < -0.3 is 14.2 Å². The Hall–Kier alpha value is -2.51. The normalized spacial score (nSPS) is 11.1. The van der Waals surface area contributed by atoms with Gasteiger partial charge in [0.25, 0.3) is 0 Å². The first kappa shape index (κ1) is 16.0. The van der Waals surface area contributed by atoms with Crippen molar-refractivity contribution >= 4 is 34.4 Å². The predicted octanol–water partition coefficient (Wildman–Crippen LogP) is 4.57. The summed E-state index contributed by atoms with van der Waals surface area (Å²) in [5, 5.41) is 5.42. The van der Waals surface area contributed by atoms with Gasteiger partial charge in [0, 0.05) is 16.7 Å². The summed E-state index contributed by atoms with van der Waals surface area (Å²) in [6.45, 7) is 0. The van der Waals surface area contributed by atoms with Crippen LogP contribution in [0.5, 0.6) is 5.75 Å². The highest BCUT2D eigenvalue weighted by Crippen LogP contribution is 2.26. The van der Waals surface area contributed by atoms with E-state index in [4.69, 9.17) is 20.9 Å². The van der Waals surface area contributed by atoms with Crippen LogP contribution >= 0.6 is 23.4 Å². The van der Waals surface area contributed by atoms with Gasteiger partial charge >= 0.3 is 0 Å². The van der Waals surface area contributed by atoms with Gasteiger partial charge in [0.05, 0.1) is 23.9 Å². The van der Waals surface area contributed by atoms with Crippen molar-refractivity contribution in [3.8, 4) is 17.1 Å². The van der Waals surface area contributed by atoms with Gasteiger partial charge in [-0.15, -0.1) is 0 Å². The Bertz CT molecular complexity index is 1030. The molecule has 25 heavy (non-hydrogen) atoms. The molecule has 0 bridgehead atoms. The van der Waals surface area contributed by atoms with Crippen LogP contribution in [0.25, 0.3) is 22.4 Å².